The van der Waals surface area contributed by atoms with Crippen LogP contribution in [0.3, 0.4) is 0 Å². The van der Waals surface area contributed by atoms with Gasteiger partial charge in [-0.1, -0.05) is 32.1 Å². The van der Waals surface area contributed by atoms with E-state index in [-0.39, 0.29) is 17.7 Å². The molecule has 1 aromatic carbocycles. The molecule has 1 saturated heterocycles. The minimum Gasteiger partial charge on any atom is -0.493 e. The van der Waals surface area contributed by atoms with Crippen LogP contribution in [0.1, 0.15) is 65.9 Å². The first-order valence-electron chi connectivity index (χ1n) is 14.1. The molecule has 1 aromatic rings. The summed E-state index contributed by atoms with van der Waals surface area (Å²) < 4.78 is 16.6. The number of ether oxygens (including phenoxy) is 3. The number of nitrogens with one attached hydrogen (secondary N) is 2. The van der Waals surface area contributed by atoms with Crippen LogP contribution in [0.25, 0.3) is 0 Å². The molecule has 10 nitrogen and oxygen atoms in total. The van der Waals surface area contributed by atoms with Crippen molar-refractivity contribution in [1.82, 2.24) is 20.4 Å². The van der Waals surface area contributed by atoms with Crippen molar-refractivity contribution in [3.63, 3.8) is 0 Å². The lowest BCUT2D eigenvalue weighted by Crippen LogP contribution is -2.58. The van der Waals surface area contributed by atoms with E-state index < -0.39 is 17.8 Å². The van der Waals surface area contributed by atoms with Gasteiger partial charge in [0.2, 0.25) is 5.91 Å². The highest BCUT2D eigenvalue weighted by Gasteiger charge is 2.31. The molecule has 2 rings (SSSR count). The third kappa shape index (κ3) is 11.9. The van der Waals surface area contributed by atoms with Crippen LogP contribution in [0.5, 0.6) is 11.5 Å². The van der Waals surface area contributed by atoms with E-state index in [1.54, 1.807) is 30.1 Å². The second-order valence-corrected chi connectivity index (χ2v) is 11.5. The summed E-state index contributed by atoms with van der Waals surface area (Å²) >= 11 is 0. The molecule has 0 saturated carbocycles. The molecule has 0 bridgehead atoms. The first-order chi connectivity index (χ1) is 18.9. The van der Waals surface area contributed by atoms with E-state index in [9.17, 15) is 14.4 Å². The topological polar surface area (TPSA) is 109 Å². The number of carbonyl (C=O) groups is 3. The van der Waals surface area contributed by atoms with Gasteiger partial charge in [0.25, 0.3) is 0 Å². The first kappa shape index (κ1) is 32.9. The predicted molar refractivity (Wildman–Crippen MR) is 156 cm³/mol. The summed E-state index contributed by atoms with van der Waals surface area (Å²) in [5, 5.41) is 6.20. The fraction of sp³-hybridized carbons (Fsp3) is 0.633. The summed E-state index contributed by atoms with van der Waals surface area (Å²) in [6.45, 7) is 11.9. The van der Waals surface area contributed by atoms with Crippen molar-refractivity contribution in [3.8, 4) is 11.5 Å². The van der Waals surface area contributed by atoms with Crippen LogP contribution in [-0.4, -0.2) is 79.9 Å². The molecule has 1 heterocycles. The number of unbranched alkanes of at least 4 members (excludes halogenated alkanes) is 2. The van der Waals surface area contributed by atoms with Gasteiger partial charge in [-0.15, -0.1) is 0 Å². The van der Waals surface area contributed by atoms with Crippen LogP contribution in [0.2, 0.25) is 0 Å². The van der Waals surface area contributed by atoms with Gasteiger partial charge in [0, 0.05) is 46.2 Å². The lowest BCUT2D eigenvalue weighted by Gasteiger charge is -2.37. The highest BCUT2D eigenvalue weighted by Crippen LogP contribution is 2.29. The van der Waals surface area contributed by atoms with Crippen molar-refractivity contribution < 1.29 is 28.6 Å². The zero-order valence-electron chi connectivity index (χ0n) is 25.2. The zero-order chi connectivity index (χ0) is 29.7. The van der Waals surface area contributed by atoms with E-state index in [1.165, 1.54) is 12.0 Å². The minimum absolute atomic E-state index is 0.00316. The maximum absolute atomic E-state index is 13.2. The van der Waals surface area contributed by atoms with Crippen LogP contribution >= 0.6 is 0 Å². The molecular formula is C30H48N4O6. The highest BCUT2D eigenvalue weighted by atomic mass is 16.6. The quantitative estimate of drug-likeness (QED) is 0.281. The number of likely N-dealkylation sites (N-methyl/N-ethyl adjacent to an activating group) is 1. The first-order valence-corrected chi connectivity index (χ1v) is 14.1. The average molecular weight is 561 g/mol. The van der Waals surface area contributed by atoms with Gasteiger partial charge >= 0.3 is 12.2 Å². The number of hydrogen-bond acceptors (Lipinski definition) is 7. The molecule has 1 atom stereocenters. The maximum Gasteiger partial charge on any atom is 0.415 e. The molecule has 0 aliphatic carbocycles. The fourth-order valence-corrected chi connectivity index (χ4v) is 4.16. The van der Waals surface area contributed by atoms with Crippen LogP contribution in [0.15, 0.2) is 30.4 Å². The van der Waals surface area contributed by atoms with Crippen LogP contribution in [0, 0.1) is 5.92 Å². The van der Waals surface area contributed by atoms with Crippen molar-refractivity contribution in [2.24, 2.45) is 5.92 Å². The molecule has 40 heavy (non-hydrogen) atoms. The van der Waals surface area contributed by atoms with Crippen molar-refractivity contribution in [1.29, 1.82) is 0 Å². The highest BCUT2D eigenvalue weighted by molar-refractivity contribution is 5.76. The second-order valence-electron chi connectivity index (χ2n) is 11.5. The predicted octanol–water partition coefficient (Wildman–Crippen LogP) is 4.72. The van der Waals surface area contributed by atoms with Crippen molar-refractivity contribution in [2.75, 3.05) is 40.3 Å². The Hall–Kier alpha value is -3.27. The van der Waals surface area contributed by atoms with Gasteiger partial charge in [0.15, 0.2) is 11.5 Å². The molecule has 2 N–H and O–H groups in total. The fourth-order valence-electron chi connectivity index (χ4n) is 4.16. The number of amides is 3. The van der Waals surface area contributed by atoms with Gasteiger partial charge in [0.1, 0.15) is 5.60 Å². The van der Waals surface area contributed by atoms with E-state index in [1.807, 2.05) is 20.8 Å². The molecule has 224 valence electrons. The molecule has 1 fully saturated rings. The minimum atomic E-state index is -0.606. The van der Waals surface area contributed by atoms with E-state index in [0.717, 1.165) is 24.8 Å². The SMILES string of the molecule is COc1cc(CNC(=O)CCCC/C=C/C(C)C)ccc1OC(=O)N1CCNCC1CN(C)C(=O)OC(C)(C)C. The molecule has 0 spiro atoms. The Labute approximate surface area is 239 Å². The van der Waals surface area contributed by atoms with Gasteiger partial charge in [0.05, 0.1) is 13.2 Å². The zero-order valence-corrected chi connectivity index (χ0v) is 25.2. The summed E-state index contributed by atoms with van der Waals surface area (Å²) in [6.07, 6.45) is 6.68. The van der Waals surface area contributed by atoms with E-state index in [0.29, 0.717) is 50.8 Å². The molecule has 1 unspecified atom stereocenters. The third-order valence-electron chi connectivity index (χ3n) is 6.24. The van der Waals surface area contributed by atoms with Crippen LogP contribution in [0.4, 0.5) is 9.59 Å². The van der Waals surface area contributed by atoms with E-state index in [2.05, 4.69) is 36.6 Å². The molecule has 0 aromatic heterocycles. The Kier molecular flexibility index (Phi) is 13.3. The Morgan fingerprint density at radius 3 is 2.62 bits per heavy atom. The van der Waals surface area contributed by atoms with Crippen molar-refractivity contribution in [3.05, 3.63) is 35.9 Å². The van der Waals surface area contributed by atoms with Gasteiger partial charge in [-0.3, -0.25) is 4.79 Å². The normalized spacial score (nSPS) is 15.7. The molecular weight excluding hydrogens is 512 g/mol. The Morgan fingerprint density at radius 1 is 1.20 bits per heavy atom. The second kappa shape index (κ2) is 16.1. The smallest absolute Gasteiger partial charge is 0.415 e. The van der Waals surface area contributed by atoms with E-state index in [4.69, 9.17) is 14.2 Å². The Bertz CT molecular complexity index is 1000. The molecule has 10 heteroatoms. The summed E-state index contributed by atoms with van der Waals surface area (Å²) in [5.41, 5.74) is 0.231. The summed E-state index contributed by atoms with van der Waals surface area (Å²) in [7, 11) is 3.16. The average Bonchev–Trinajstić information content (AvgIpc) is 2.89. The van der Waals surface area contributed by atoms with Crippen molar-refractivity contribution in [2.45, 2.75) is 78.5 Å². The Balaban J connectivity index is 1.91. The van der Waals surface area contributed by atoms with Gasteiger partial charge in [-0.2, -0.15) is 0 Å². The lowest BCUT2D eigenvalue weighted by atomic mass is 10.1. The van der Waals surface area contributed by atoms with Crippen LogP contribution < -0.4 is 20.1 Å². The maximum atomic E-state index is 13.2. The summed E-state index contributed by atoms with van der Waals surface area (Å²) in [5.74, 6) is 1.24. The molecule has 1 aliphatic rings. The number of nitrogens with zero attached hydrogens (tertiary/aromatic N) is 2. The number of piperazine rings is 1. The van der Waals surface area contributed by atoms with Gasteiger partial charge in [-0.05, 0) is 63.6 Å². The number of allylic oxidation sites excluding steroid dienone is 2. The summed E-state index contributed by atoms with van der Waals surface area (Å²) in [4.78, 5) is 40.9. The number of carbonyl (C=O) groups excluding carboxylic acids is 3. The lowest BCUT2D eigenvalue weighted by molar-refractivity contribution is -0.121. The third-order valence-corrected chi connectivity index (χ3v) is 6.24. The number of benzene rings is 1. The van der Waals surface area contributed by atoms with E-state index >= 15 is 0 Å². The summed E-state index contributed by atoms with van der Waals surface area (Å²) in [6, 6.07) is 4.94. The number of methoxy groups -OCH3 is 1. The monoisotopic (exact) mass is 560 g/mol. The van der Waals surface area contributed by atoms with Gasteiger partial charge < -0.3 is 34.6 Å². The largest absolute Gasteiger partial charge is 0.493 e. The van der Waals surface area contributed by atoms with Crippen molar-refractivity contribution >= 4 is 18.1 Å². The number of hydrogen-bond donors (Lipinski definition) is 2. The molecule has 1 aliphatic heterocycles. The molecule has 3 amide bonds. The Morgan fingerprint density at radius 2 is 1.95 bits per heavy atom. The number of rotatable bonds is 12. The van der Waals surface area contributed by atoms with Gasteiger partial charge in [-0.25, -0.2) is 9.59 Å². The van der Waals surface area contributed by atoms with Crippen LogP contribution in [-0.2, 0) is 16.1 Å². The standard InChI is InChI=1S/C30H48N4O6/c1-22(2)12-10-8-9-11-13-27(35)32-19-23-14-15-25(26(18-23)38-7)39-29(37)34-17-16-31-20-24(34)21-33(6)28(36)40-30(3,4)5/h10,12,14-15,18,22,24,31H,8-9,11,13,16-17,19-21H2,1-7H3,(H,32,35)/b12-10+. The molecule has 0 radical (unpaired) electrons.